The molecule has 21 heavy (non-hydrogen) atoms. The molecule has 3 rings (SSSR count). The van der Waals surface area contributed by atoms with Gasteiger partial charge in [-0.2, -0.15) is 0 Å². The Balaban J connectivity index is 2.20. The van der Waals surface area contributed by atoms with Crippen molar-refractivity contribution in [3.63, 3.8) is 0 Å². The fraction of sp³-hybridized carbons (Fsp3) is 0. The number of halogens is 1. The highest BCUT2D eigenvalue weighted by atomic mass is 19.1. The summed E-state index contributed by atoms with van der Waals surface area (Å²) in [5.74, 6) is -0.385. The van der Waals surface area contributed by atoms with E-state index in [1.807, 2.05) is 30.3 Å². The second-order valence-corrected chi connectivity index (χ2v) is 4.28. The number of rotatable bonds is 3. The molecule has 104 valence electrons. The van der Waals surface area contributed by atoms with E-state index in [2.05, 4.69) is 10.2 Å². The van der Waals surface area contributed by atoms with E-state index in [9.17, 15) is 14.5 Å². The van der Waals surface area contributed by atoms with E-state index >= 15 is 0 Å². The summed E-state index contributed by atoms with van der Waals surface area (Å²) in [6.45, 7) is 0. The van der Waals surface area contributed by atoms with E-state index < -0.39 is 10.7 Å². The van der Waals surface area contributed by atoms with Crippen molar-refractivity contribution >= 4 is 5.69 Å². The van der Waals surface area contributed by atoms with Crippen molar-refractivity contribution in [2.24, 2.45) is 0 Å². The van der Waals surface area contributed by atoms with Crippen LogP contribution in [0.5, 0.6) is 0 Å². The van der Waals surface area contributed by atoms with Crippen LogP contribution in [0, 0.1) is 15.9 Å². The average molecular weight is 284 g/mol. The molecular formula is C14H9FN4O2. The number of hydrogen-bond donors (Lipinski definition) is 0. The van der Waals surface area contributed by atoms with Crippen LogP contribution >= 0.6 is 0 Å². The first-order valence-corrected chi connectivity index (χ1v) is 6.06. The van der Waals surface area contributed by atoms with Crippen LogP contribution in [0.15, 0.2) is 54.9 Å². The topological polar surface area (TPSA) is 73.8 Å². The Morgan fingerprint density at radius 1 is 1.14 bits per heavy atom. The van der Waals surface area contributed by atoms with E-state index in [0.29, 0.717) is 0 Å². The summed E-state index contributed by atoms with van der Waals surface area (Å²) in [4.78, 5) is 10.5. The van der Waals surface area contributed by atoms with Gasteiger partial charge in [0.05, 0.1) is 16.6 Å². The molecule has 0 bridgehead atoms. The van der Waals surface area contributed by atoms with Crippen molar-refractivity contribution in [2.45, 2.75) is 0 Å². The average Bonchev–Trinajstić information content (AvgIpc) is 2.97. The summed E-state index contributed by atoms with van der Waals surface area (Å²) in [6.07, 6.45) is 1.46. The van der Waals surface area contributed by atoms with E-state index in [1.54, 1.807) is 4.57 Å². The zero-order valence-corrected chi connectivity index (χ0v) is 10.7. The van der Waals surface area contributed by atoms with E-state index in [4.69, 9.17) is 0 Å². The van der Waals surface area contributed by atoms with Crippen LogP contribution in [0.3, 0.4) is 0 Å². The highest BCUT2D eigenvalue weighted by Gasteiger charge is 2.21. The zero-order valence-electron chi connectivity index (χ0n) is 10.7. The largest absolute Gasteiger partial charge is 0.283 e. The Morgan fingerprint density at radius 3 is 2.62 bits per heavy atom. The molecule has 0 aliphatic heterocycles. The molecule has 7 heteroatoms. The van der Waals surface area contributed by atoms with Gasteiger partial charge in [0.2, 0.25) is 0 Å². The lowest BCUT2D eigenvalue weighted by Gasteiger charge is -2.07. The molecule has 2 aromatic carbocycles. The standard InChI is InChI=1S/C14H9FN4O2/c15-10-6-7-12(13(8-10)19(20)21)14-17-16-9-18(14)11-4-2-1-3-5-11/h1-9H. The predicted octanol–water partition coefficient (Wildman–Crippen LogP) is 2.98. The van der Waals surface area contributed by atoms with Crippen molar-refractivity contribution in [3.8, 4) is 17.1 Å². The van der Waals surface area contributed by atoms with Gasteiger partial charge >= 0.3 is 0 Å². The Morgan fingerprint density at radius 2 is 1.90 bits per heavy atom. The number of hydrogen-bond acceptors (Lipinski definition) is 4. The fourth-order valence-corrected chi connectivity index (χ4v) is 2.04. The molecule has 0 amide bonds. The maximum absolute atomic E-state index is 13.2. The van der Waals surface area contributed by atoms with Gasteiger partial charge in [0.15, 0.2) is 5.82 Å². The van der Waals surface area contributed by atoms with Gasteiger partial charge < -0.3 is 0 Å². The maximum Gasteiger partial charge on any atom is 0.283 e. The van der Waals surface area contributed by atoms with Gasteiger partial charge in [0.25, 0.3) is 5.69 Å². The van der Waals surface area contributed by atoms with Crippen LogP contribution < -0.4 is 0 Å². The molecule has 1 heterocycles. The Hall–Kier alpha value is -3.09. The van der Waals surface area contributed by atoms with E-state index in [0.717, 1.165) is 17.8 Å². The minimum Gasteiger partial charge on any atom is -0.281 e. The smallest absolute Gasteiger partial charge is 0.281 e. The molecule has 0 N–H and O–H groups in total. The van der Waals surface area contributed by atoms with Gasteiger partial charge in [0.1, 0.15) is 12.1 Å². The SMILES string of the molecule is O=[N+]([O-])c1cc(F)ccc1-c1nncn1-c1ccccc1. The summed E-state index contributed by atoms with van der Waals surface area (Å²) < 4.78 is 14.8. The van der Waals surface area contributed by atoms with Gasteiger partial charge in [-0.15, -0.1) is 10.2 Å². The first-order valence-electron chi connectivity index (χ1n) is 6.06. The molecule has 6 nitrogen and oxygen atoms in total. The lowest BCUT2D eigenvalue weighted by molar-refractivity contribution is -0.384. The van der Waals surface area contributed by atoms with Crippen molar-refractivity contribution < 1.29 is 9.31 Å². The fourth-order valence-electron chi connectivity index (χ4n) is 2.04. The van der Waals surface area contributed by atoms with Crippen LogP contribution in [0.2, 0.25) is 0 Å². The molecule has 0 aliphatic carbocycles. The second kappa shape index (κ2) is 5.12. The molecule has 0 saturated heterocycles. The third-order valence-corrected chi connectivity index (χ3v) is 2.98. The summed E-state index contributed by atoms with van der Waals surface area (Å²) in [6, 6.07) is 12.5. The quantitative estimate of drug-likeness (QED) is 0.547. The third-order valence-electron chi connectivity index (χ3n) is 2.98. The molecule has 1 aromatic heterocycles. The van der Waals surface area contributed by atoms with Crippen molar-refractivity contribution in [1.82, 2.24) is 14.8 Å². The van der Waals surface area contributed by atoms with Gasteiger partial charge in [0, 0.05) is 5.69 Å². The monoisotopic (exact) mass is 284 g/mol. The first-order chi connectivity index (χ1) is 10.2. The molecule has 0 fully saturated rings. The summed E-state index contributed by atoms with van der Waals surface area (Å²) in [5.41, 5.74) is 0.624. The predicted molar refractivity (Wildman–Crippen MR) is 73.4 cm³/mol. The zero-order chi connectivity index (χ0) is 14.8. The second-order valence-electron chi connectivity index (χ2n) is 4.28. The summed E-state index contributed by atoms with van der Waals surface area (Å²) in [5, 5.41) is 18.8. The van der Waals surface area contributed by atoms with E-state index in [-0.39, 0.29) is 17.1 Å². The number of para-hydroxylation sites is 1. The van der Waals surface area contributed by atoms with Crippen LogP contribution in [0.25, 0.3) is 17.1 Å². The normalized spacial score (nSPS) is 10.5. The number of aromatic nitrogens is 3. The molecule has 3 aromatic rings. The maximum atomic E-state index is 13.2. The Labute approximate surface area is 118 Å². The minimum atomic E-state index is -0.670. The number of nitro groups is 1. The van der Waals surface area contributed by atoms with Gasteiger partial charge in [-0.1, -0.05) is 18.2 Å². The van der Waals surface area contributed by atoms with Gasteiger partial charge in [-0.3, -0.25) is 14.7 Å². The molecule has 0 atom stereocenters. The summed E-state index contributed by atoms with van der Waals surface area (Å²) in [7, 11) is 0. The van der Waals surface area contributed by atoms with Gasteiger partial charge in [-0.25, -0.2) is 4.39 Å². The molecule has 0 saturated carbocycles. The van der Waals surface area contributed by atoms with Crippen molar-refractivity contribution in [1.29, 1.82) is 0 Å². The Bertz CT molecular complexity index is 802. The van der Waals surface area contributed by atoms with Crippen LogP contribution in [-0.2, 0) is 0 Å². The van der Waals surface area contributed by atoms with Gasteiger partial charge in [-0.05, 0) is 24.3 Å². The van der Waals surface area contributed by atoms with Crippen LogP contribution in [0.1, 0.15) is 0 Å². The van der Waals surface area contributed by atoms with Crippen molar-refractivity contribution in [3.05, 3.63) is 70.8 Å². The molecular weight excluding hydrogens is 275 g/mol. The van der Waals surface area contributed by atoms with E-state index in [1.165, 1.54) is 12.4 Å². The number of nitro benzene ring substituents is 1. The molecule has 0 aliphatic rings. The minimum absolute atomic E-state index is 0.211. The first kappa shape index (κ1) is 12.9. The number of nitrogens with zero attached hydrogens (tertiary/aromatic N) is 4. The third kappa shape index (κ3) is 2.36. The van der Waals surface area contributed by atoms with Crippen LogP contribution in [0.4, 0.5) is 10.1 Å². The Kier molecular flexibility index (Phi) is 3.15. The molecule has 0 unspecified atom stereocenters. The molecule has 0 radical (unpaired) electrons. The summed E-state index contributed by atoms with van der Waals surface area (Å²) >= 11 is 0. The van der Waals surface area contributed by atoms with Crippen molar-refractivity contribution in [2.75, 3.05) is 0 Å². The molecule has 0 spiro atoms. The lowest BCUT2D eigenvalue weighted by atomic mass is 10.1. The highest BCUT2D eigenvalue weighted by Crippen LogP contribution is 2.30. The highest BCUT2D eigenvalue weighted by molar-refractivity contribution is 5.69. The lowest BCUT2D eigenvalue weighted by Crippen LogP contribution is -1.99. The number of benzene rings is 2. The van der Waals surface area contributed by atoms with Crippen LogP contribution in [-0.4, -0.2) is 19.7 Å².